The smallest absolute Gasteiger partial charge is 0.321 e. The molecule has 7 nitrogen and oxygen atoms in total. The van der Waals surface area contributed by atoms with Gasteiger partial charge in [-0.15, -0.1) is 5.10 Å². The van der Waals surface area contributed by atoms with Crippen molar-refractivity contribution in [1.29, 1.82) is 0 Å². The largest absolute Gasteiger partial charge is 0.341 e. The lowest BCUT2D eigenvalue weighted by Crippen LogP contribution is -2.39. The molecule has 3 aromatic rings. The summed E-state index contributed by atoms with van der Waals surface area (Å²) in [7, 11) is 1.45. The van der Waals surface area contributed by atoms with E-state index < -0.39 is 17.2 Å². The van der Waals surface area contributed by atoms with E-state index in [0.717, 1.165) is 16.7 Å². The Bertz CT molecular complexity index is 925. The topological polar surface area (TPSA) is 99.8 Å². The predicted molar refractivity (Wildman–Crippen MR) is 104 cm³/mol. The average molecular weight is 381 g/mol. The van der Waals surface area contributed by atoms with Gasteiger partial charge >= 0.3 is 6.03 Å². The van der Waals surface area contributed by atoms with Gasteiger partial charge in [-0.1, -0.05) is 71.9 Å². The van der Waals surface area contributed by atoms with Crippen LogP contribution in [0.4, 0.5) is 4.79 Å². The molecule has 0 aliphatic carbocycles. The molecular weight excluding hydrogens is 362 g/mol. The average Bonchev–Trinajstić information content (AvgIpc) is 3.16. The minimum atomic E-state index is -0.662. The Labute approximate surface area is 161 Å². The van der Waals surface area contributed by atoms with Crippen molar-refractivity contribution in [1.82, 2.24) is 25.8 Å². The molecule has 0 saturated carbocycles. The van der Waals surface area contributed by atoms with E-state index in [2.05, 4.69) is 25.8 Å². The van der Waals surface area contributed by atoms with Gasteiger partial charge in [-0.3, -0.25) is 15.2 Å². The van der Waals surface area contributed by atoms with Crippen LogP contribution < -0.4 is 10.6 Å². The molecule has 2 aromatic carbocycles. The lowest BCUT2D eigenvalue weighted by atomic mass is 10.1. The van der Waals surface area contributed by atoms with Crippen molar-refractivity contribution in [3.8, 4) is 11.4 Å². The molecule has 3 amide bonds. The normalized spacial score (nSPS) is 11.6. The van der Waals surface area contributed by atoms with E-state index >= 15 is 0 Å². The fraction of sp³-hybridized carbons (Fsp3) is 0.158. The number of carbonyl (C=O) groups excluding carboxylic acids is 2. The molecule has 27 heavy (non-hydrogen) atoms. The van der Waals surface area contributed by atoms with Crippen LogP contribution in [0.15, 0.2) is 59.8 Å². The van der Waals surface area contributed by atoms with Crippen LogP contribution in [-0.2, 0) is 4.79 Å². The number of urea groups is 1. The van der Waals surface area contributed by atoms with Crippen molar-refractivity contribution in [3.05, 3.63) is 65.7 Å². The van der Waals surface area contributed by atoms with Gasteiger partial charge in [0, 0.05) is 12.6 Å². The summed E-state index contributed by atoms with van der Waals surface area (Å²) in [4.78, 5) is 28.6. The Morgan fingerprint density at radius 1 is 1.07 bits per heavy atom. The zero-order chi connectivity index (χ0) is 19.2. The van der Waals surface area contributed by atoms with Crippen molar-refractivity contribution >= 4 is 23.7 Å². The van der Waals surface area contributed by atoms with Crippen molar-refractivity contribution in [2.75, 3.05) is 7.05 Å². The molecule has 0 fully saturated rings. The number of nitrogens with zero attached hydrogens (tertiary/aromatic N) is 2. The lowest BCUT2D eigenvalue weighted by Gasteiger charge is -2.14. The second-order valence-corrected chi connectivity index (χ2v) is 6.88. The molecule has 8 heteroatoms. The Morgan fingerprint density at radius 2 is 1.78 bits per heavy atom. The first-order valence-electron chi connectivity index (χ1n) is 8.30. The Kier molecular flexibility index (Phi) is 5.87. The summed E-state index contributed by atoms with van der Waals surface area (Å²) < 4.78 is 0. The van der Waals surface area contributed by atoms with Gasteiger partial charge in [0.1, 0.15) is 5.25 Å². The van der Waals surface area contributed by atoms with Crippen LogP contribution in [0.2, 0.25) is 0 Å². The number of aromatic nitrogens is 3. The molecule has 1 atom stereocenters. The summed E-state index contributed by atoms with van der Waals surface area (Å²) in [5.41, 5.74) is 2.82. The highest BCUT2D eigenvalue weighted by Gasteiger charge is 2.25. The van der Waals surface area contributed by atoms with Crippen LogP contribution in [0.5, 0.6) is 0 Å². The van der Waals surface area contributed by atoms with Gasteiger partial charge in [-0.05, 0) is 12.5 Å². The predicted octanol–water partition coefficient (Wildman–Crippen LogP) is 3.07. The van der Waals surface area contributed by atoms with Crippen LogP contribution >= 0.6 is 11.8 Å². The third-order valence-corrected chi connectivity index (χ3v) is 4.93. The van der Waals surface area contributed by atoms with E-state index in [1.165, 1.54) is 18.8 Å². The van der Waals surface area contributed by atoms with Gasteiger partial charge in [0.25, 0.3) is 0 Å². The number of hydrogen-bond acceptors (Lipinski definition) is 5. The monoisotopic (exact) mass is 381 g/mol. The number of aryl methyl sites for hydroxylation is 1. The third-order valence-electron chi connectivity index (χ3n) is 3.82. The Hall–Kier alpha value is -3.13. The molecule has 0 aliphatic heterocycles. The maximum absolute atomic E-state index is 12.6. The second-order valence-electron chi connectivity index (χ2n) is 5.81. The zero-order valence-corrected chi connectivity index (χ0v) is 15.7. The van der Waals surface area contributed by atoms with E-state index in [9.17, 15) is 9.59 Å². The number of hydrogen-bond donors (Lipinski definition) is 3. The van der Waals surface area contributed by atoms with Crippen LogP contribution in [0.3, 0.4) is 0 Å². The fourth-order valence-electron chi connectivity index (χ4n) is 2.39. The molecule has 3 rings (SSSR count). The summed E-state index contributed by atoms with van der Waals surface area (Å²) in [6.07, 6.45) is 0. The molecule has 0 radical (unpaired) electrons. The molecule has 0 spiro atoms. The summed E-state index contributed by atoms with van der Waals surface area (Å²) in [5, 5.41) is 11.6. The summed E-state index contributed by atoms with van der Waals surface area (Å²) in [5.74, 6) is 0.184. The number of imide groups is 1. The number of rotatable bonds is 5. The summed E-state index contributed by atoms with van der Waals surface area (Å²) in [6, 6.07) is 16.5. The first kappa shape index (κ1) is 18.7. The van der Waals surface area contributed by atoms with Crippen molar-refractivity contribution < 1.29 is 9.59 Å². The molecule has 0 bridgehead atoms. The highest BCUT2D eigenvalue weighted by Crippen LogP contribution is 2.34. The molecule has 1 aromatic heterocycles. The fourth-order valence-corrected chi connectivity index (χ4v) is 3.30. The van der Waals surface area contributed by atoms with Crippen molar-refractivity contribution in [2.24, 2.45) is 0 Å². The first-order valence-corrected chi connectivity index (χ1v) is 9.18. The SMILES string of the molecule is CNC(=O)NC(=O)[C@H](Sc1n[nH]c(-c2ccc(C)cc2)n1)c1ccccc1. The third kappa shape index (κ3) is 4.73. The van der Waals surface area contributed by atoms with Crippen LogP contribution in [0, 0.1) is 6.92 Å². The number of nitrogens with one attached hydrogen (secondary N) is 3. The summed E-state index contributed by atoms with van der Waals surface area (Å²) >= 11 is 1.18. The van der Waals surface area contributed by atoms with Crippen LogP contribution in [0.1, 0.15) is 16.4 Å². The molecule has 138 valence electrons. The van der Waals surface area contributed by atoms with Crippen LogP contribution in [0.25, 0.3) is 11.4 Å². The maximum Gasteiger partial charge on any atom is 0.321 e. The summed E-state index contributed by atoms with van der Waals surface area (Å²) in [6.45, 7) is 2.01. The van der Waals surface area contributed by atoms with Gasteiger partial charge in [0.2, 0.25) is 11.1 Å². The van der Waals surface area contributed by atoms with Gasteiger partial charge in [-0.2, -0.15) is 0 Å². The van der Waals surface area contributed by atoms with Gasteiger partial charge in [-0.25, -0.2) is 9.78 Å². The highest BCUT2D eigenvalue weighted by molar-refractivity contribution is 8.00. The molecule has 3 N–H and O–H groups in total. The minimum absolute atomic E-state index is 0.423. The van der Waals surface area contributed by atoms with Crippen molar-refractivity contribution in [2.45, 2.75) is 17.3 Å². The van der Waals surface area contributed by atoms with E-state index in [0.29, 0.717) is 11.0 Å². The number of H-pyrrole nitrogens is 1. The number of aromatic amines is 1. The number of benzene rings is 2. The minimum Gasteiger partial charge on any atom is -0.341 e. The molecule has 0 saturated heterocycles. The molecule has 0 aliphatic rings. The van der Waals surface area contributed by atoms with E-state index in [-0.39, 0.29) is 0 Å². The highest BCUT2D eigenvalue weighted by atomic mass is 32.2. The molecule has 1 heterocycles. The number of amides is 3. The Morgan fingerprint density at radius 3 is 2.44 bits per heavy atom. The van der Waals surface area contributed by atoms with Crippen LogP contribution in [-0.4, -0.2) is 34.2 Å². The quantitative estimate of drug-likeness (QED) is 0.590. The van der Waals surface area contributed by atoms with Crippen molar-refractivity contribution in [3.63, 3.8) is 0 Å². The van der Waals surface area contributed by atoms with Gasteiger partial charge in [0.15, 0.2) is 5.82 Å². The molecular formula is C19H19N5O2S. The van der Waals surface area contributed by atoms with E-state index in [4.69, 9.17) is 0 Å². The second kappa shape index (κ2) is 8.50. The standard InChI is InChI=1S/C19H19N5O2S/c1-12-8-10-14(11-9-12)16-21-19(24-23-16)27-15(13-6-4-3-5-7-13)17(25)22-18(26)20-2/h3-11,15H,1-2H3,(H,21,23,24)(H2,20,22,25,26)/t15-/m1/s1. The first-order chi connectivity index (χ1) is 13.1. The number of thioether (sulfide) groups is 1. The van der Waals surface area contributed by atoms with E-state index in [1.54, 1.807) is 0 Å². The zero-order valence-electron chi connectivity index (χ0n) is 14.9. The van der Waals surface area contributed by atoms with Gasteiger partial charge in [0.05, 0.1) is 0 Å². The maximum atomic E-state index is 12.6. The van der Waals surface area contributed by atoms with E-state index in [1.807, 2.05) is 61.5 Å². The molecule has 0 unspecified atom stereocenters. The number of carbonyl (C=O) groups is 2. The van der Waals surface area contributed by atoms with Gasteiger partial charge < -0.3 is 5.32 Å². The Balaban J connectivity index is 1.83. The lowest BCUT2D eigenvalue weighted by molar-refractivity contribution is -0.119.